The average molecular weight is 270 g/mol. The number of amides is 1. The van der Waals surface area contributed by atoms with E-state index in [0.29, 0.717) is 18.9 Å². The minimum atomic E-state index is -0.406. The number of hydrogen-bond donors (Lipinski definition) is 3. The molecular weight excluding hydrogens is 244 g/mol. The SMILES string of the molecule is CC1CCCC(CO)(NC(=O)CC2CNCCO2)C1. The Morgan fingerprint density at radius 1 is 1.58 bits per heavy atom. The Bertz CT molecular complexity index is 305. The lowest BCUT2D eigenvalue weighted by atomic mass is 9.76. The number of morpholine rings is 1. The predicted octanol–water partition coefficient (Wildman–Crippen LogP) is 0.422. The lowest BCUT2D eigenvalue weighted by Crippen LogP contribution is -2.55. The van der Waals surface area contributed by atoms with Gasteiger partial charge in [0.1, 0.15) is 0 Å². The van der Waals surface area contributed by atoms with E-state index in [-0.39, 0.29) is 18.6 Å². The first-order chi connectivity index (χ1) is 9.13. The van der Waals surface area contributed by atoms with Crippen LogP contribution in [0.2, 0.25) is 0 Å². The molecule has 110 valence electrons. The van der Waals surface area contributed by atoms with Crippen LogP contribution in [-0.2, 0) is 9.53 Å². The van der Waals surface area contributed by atoms with Crippen molar-refractivity contribution < 1.29 is 14.6 Å². The molecule has 3 atom stereocenters. The Labute approximate surface area is 115 Å². The van der Waals surface area contributed by atoms with Crippen LogP contribution in [0.1, 0.15) is 39.0 Å². The van der Waals surface area contributed by atoms with Crippen molar-refractivity contribution in [2.24, 2.45) is 5.92 Å². The average Bonchev–Trinajstić information content (AvgIpc) is 2.39. The van der Waals surface area contributed by atoms with Crippen LogP contribution in [0.4, 0.5) is 0 Å². The number of carbonyl (C=O) groups excluding carboxylic acids is 1. The van der Waals surface area contributed by atoms with E-state index in [2.05, 4.69) is 17.6 Å². The second-order valence-electron chi connectivity index (χ2n) is 6.09. The van der Waals surface area contributed by atoms with Crippen molar-refractivity contribution in [3.63, 3.8) is 0 Å². The minimum absolute atomic E-state index is 0.00292. The van der Waals surface area contributed by atoms with Crippen LogP contribution >= 0.6 is 0 Å². The summed E-state index contributed by atoms with van der Waals surface area (Å²) in [7, 11) is 0. The van der Waals surface area contributed by atoms with Gasteiger partial charge < -0.3 is 20.5 Å². The minimum Gasteiger partial charge on any atom is -0.394 e. The zero-order valence-corrected chi connectivity index (χ0v) is 11.8. The second kappa shape index (κ2) is 6.68. The predicted molar refractivity (Wildman–Crippen MR) is 72.8 cm³/mol. The van der Waals surface area contributed by atoms with Gasteiger partial charge in [-0.05, 0) is 18.8 Å². The normalized spacial score (nSPS) is 35.9. The molecule has 0 aromatic rings. The first-order valence-electron chi connectivity index (χ1n) is 7.38. The molecule has 3 N–H and O–H groups in total. The van der Waals surface area contributed by atoms with Crippen LogP contribution in [0.5, 0.6) is 0 Å². The molecule has 1 heterocycles. The number of aliphatic hydroxyl groups is 1. The van der Waals surface area contributed by atoms with Crippen molar-refractivity contribution in [2.45, 2.75) is 50.7 Å². The number of rotatable bonds is 4. The van der Waals surface area contributed by atoms with Crippen molar-refractivity contribution >= 4 is 5.91 Å². The third-order valence-corrected chi connectivity index (χ3v) is 4.22. The van der Waals surface area contributed by atoms with Gasteiger partial charge in [0.2, 0.25) is 5.91 Å². The second-order valence-corrected chi connectivity index (χ2v) is 6.09. The molecule has 5 heteroatoms. The molecule has 1 amide bonds. The van der Waals surface area contributed by atoms with Gasteiger partial charge >= 0.3 is 0 Å². The van der Waals surface area contributed by atoms with Gasteiger partial charge in [0, 0.05) is 13.1 Å². The largest absolute Gasteiger partial charge is 0.394 e. The maximum absolute atomic E-state index is 12.1. The van der Waals surface area contributed by atoms with Crippen LogP contribution in [0.25, 0.3) is 0 Å². The Balaban J connectivity index is 1.84. The molecule has 0 radical (unpaired) electrons. The van der Waals surface area contributed by atoms with E-state index in [0.717, 1.165) is 32.4 Å². The quantitative estimate of drug-likeness (QED) is 0.692. The fraction of sp³-hybridized carbons (Fsp3) is 0.929. The maximum Gasteiger partial charge on any atom is 0.223 e. The summed E-state index contributed by atoms with van der Waals surface area (Å²) in [5.74, 6) is 0.561. The summed E-state index contributed by atoms with van der Waals surface area (Å²) in [5, 5.41) is 15.9. The van der Waals surface area contributed by atoms with Gasteiger partial charge in [-0.1, -0.05) is 19.8 Å². The van der Waals surface area contributed by atoms with Crippen molar-refractivity contribution in [3.05, 3.63) is 0 Å². The van der Waals surface area contributed by atoms with E-state index in [1.165, 1.54) is 6.42 Å². The highest BCUT2D eigenvalue weighted by Gasteiger charge is 2.36. The molecule has 3 unspecified atom stereocenters. The smallest absolute Gasteiger partial charge is 0.223 e. The molecule has 2 fully saturated rings. The van der Waals surface area contributed by atoms with Gasteiger partial charge in [0.15, 0.2) is 0 Å². The van der Waals surface area contributed by atoms with Crippen molar-refractivity contribution in [2.75, 3.05) is 26.3 Å². The van der Waals surface area contributed by atoms with Gasteiger partial charge in [0.05, 0.1) is 31.3 Å². The molecule has 2 rings (SSSR count). The summed E-state index contributed by atoms with van der Waals surface area (Å²) < 4.78 is 5.54. The molecule has 1 aliphatic carbocycles. The summed E-state index contributed by atoms with van der Waals surface area (Å²) in [6.45, 7) is 4.48. The third-order valence-electron chi connectivity index (χ3n) is 4.22. The molecule has 0 aromatic heterocycles. The van der Waals surface area contributed by atoms with Crippen molar-refractivity contribution in [1.29, 1.82) is 0 Å². The van der Waals surface area contributed by atoms with Crippen LogP contribution in [0, 0.1) is 5.92 Å². The van der Waals surface area contributed by atoms with Crippen LogP contribution in [0.15, 0.2) is 0 Å². The third kappa shape index (κ3) is 4.16. The fourth-order valence-corrected chi connectivity index (χ4v) is 3.26. The summed E-state index contributed by atoms with van der Waals surface area (Å²) in [6, 6.07) is 0. The highest BCUT2D eigenvalue weighted by atomic mass is 16.5. The standard InChI is InChI=1S/C14H26N2O3/c1-11-3-2-4-14(8-11,10-17)16-13(18)7-12-9-15-5-6-19-12/h11-12,15,17H,2-10H2,1H3,(H,16,18). The number of aliphatic hydroxyl groups excluding tert-OH is 1. The van der Waals surface area contributed by atoms with E-state index in [1.54, 1.807) is 0 Å². The van der Waals surface area contributed by atoms with Crippen molar-refractivity contribution in [3.8, 4) is 0 Å². The molecule has 2 aliphatic rings. The summed E-state index contributed by atoms with van der Waals surface area (Å²) in [5.41, 5.74) is -0.406. The monoisotopic (exact) mass is 270 g/mol. The van der Waals surface area contributed by atoms with E-state index in [1.807, 2.05) is 0 Å². The van der Waals surface area contributed by atoms with Gasteiger partial charge in [0.25, 0.3) is 0 Å². The first kappa shape index (κ1) is 14.8. The van der Waals surface area contributed by atoms with Crippen LogP contribution in [-0.4, -0.2) is 49.0 Å². The molecule has 0 bridgehead atoms. The molecule has 1 aliphatic heterocycles. The van der Waals surface area contributed by atoms with E-state index in [9.17, 15) is 9.90 Å². The van der Waals surface area contributed by atoms with Gasteiger partial charge in [-0.3, -0.25) is 4.79 Å². The Hall–Kier alpha value is -0.650. The summed E-state index contributed by atoms with van der Waals surface area (Å²) >= 11 is 0. The van der Waals surface area contributed by atoms with Crippen molar-refractivity contribution in [1.82, 2.24) is 10.6 Å². The number of carbonyl (C=O) groups is 1. The van der Waals surface area contributed by atoms with Gasteiger partial charge in [-0.2, -0.15) is 0 Å². The summed E-state index contributed by atoms with van der Waals surface area (Å²) in [4.78, 5) is 12.1. The lowest BCUT2D eigenvalue weighted by Gasteiger charge is -2.39. The first-order valence-corrected chi connectivity index (χ1v) is 7.38. The van der Waals surface area contributed by atoms with E-state index < -0.39 is 5.54 Å². The summed E-state index contributed by atoms with van der Waals surface area (Å²) in [6.07, 6.45) is 4.35. The zero-order chi connectivity index (χ0) is 13.7. The number of nitrogens with one attached hydrogen (secondary N) is 2. The van der Waals surface area contributed by atoms with Crippen LogP contribution in [0.3, 0.4) is 0 Å². The zero-order valence-electron chi connectivity index (χ0n) is 11.8. The number of hydrogen-bond acceptors (Lipinski definition) is 4. The van der Waals surface area contributed by atoms with Gasteiger partial charge in [-0.15, -0.1) is 0 Å². The van der Waals surface area contributed by atoms with Crippen LogP contribution < -0.4 is 10.6 Å². The fourth-order valence-electron chi connectivity index (χ4n) is 3.26. The molecule has 5 nitrogen and oxygen atoms in total. The highest BCUT2D eigenvalue weighted by Crippen LogP contribution is 2.32. The Morgan fingerprint density at radius 2 is 2.42 bits per heavy atom. The Kier molecular flexibility index (Phi) is 5.19. The van der Waals surface area contributed by atoms with E-state index >= 15 is 0 Å². The lowest BCUT2D eigenvalue weighted by molar-refractivity contribution is -0.127. The van der Waals surface area contributed by atoms with E-state index in [4.69, 9.17) is 4.74 Å². The Morgan fingerprint density at radius 3 is 3.05 bits per heavy atom. The maximum atomic E-state index is 12.1. The molecule has 1 saturated heterocycles. The number of ether oxygens (including phenoxy) is 1. The molecule has 0 aromatic carbocycles. The molecular formula is C14H26N2O3. The molecule has 1 saturated carbocycles. The topological polar surface area (TPSA) is 70.6 Å². The highest BCUT2D eigenvalue weighted by molar-refractivity contribution is 5.77. The molecule has 0 spiro atoms. The molecule has 19 heavy (non-hydrogen) atoms. The van der Waals surface area contributed by atoms with Gasteiger partial charge in [-0.25, -0.2) is 0 Å².